The van der Waals surface area contributed by atoms with Crippen LogP contribution in [0.5, 0.6) is 11.5 Å². The van der Waals surface area contributed by atoms with Crippen LogP contribution >= 0.6 is 23.2 Å². The van der Waals surface area contributed by atoms with Gasteiger partial charge in [-0.15, -0.1) is 0 Å². The molecule has 0 heterocycles. The van der Waals surface area contributed by atoms with Crippen LogP contribution in [0.3, 0.4) is 0 Å². The normalized spacial score (nSPS) is 24.6. The molecule has 2 aromatic rings. The molecule has 2 saturated carbocycles. The second-order valence-electron chi connectivity index (χ2n) is 10.2. The summed E-state index contributed by atoms with van der Waals surface area (Å²) in [5.74, 6) is -1.20. The van der Waals surface area contributed by atoms with E-state index in [1.165, 1.54) is 24.3 Å². The van der Waals surface area contributed by atoms with Gasteiger partial charge in [0, 0.05) is 24.2 Å². The van der Waals surface area contributed by atoms with Gasteiger partial charge in [-0.1, -0.05) is 29.6 Å². The Bertz CT molecular complexity index is 1190. The SMILES string of the molecule is CN(C)C1CC(NC(=O)COc2ccc(Cl)c(F)c2)C2CCCC1(NC(=O)COc1ccc(Cl)c(F)c1)C2. The fraction of sp³-hybridized carbons (Fsp3) is 0.481. The van der Waals surface area contributed by atoms with Crippen molar-refractivity contribution in [3.63, 3.8) is 0 Å². The molecule has 2 aliphatic carbocycles. The van der Waals surface area contributed by atoms with E-state index >= 15 is 0 Å². The van der Waals surface area contributed by atoms with Crippen LogP contribution < -0.4 is 20.1 Å². The first-order valence-corrected chi connectivity index (χ1v) is 13.2. The van der Waals surface area contributed by atoms with Crippen LogP contribution in [0.4, 0.5) is 8.78 Å². The topological polar surface area (TPSA) is 79.9 Å². The average Bonchev–Trinajstić information content (AvgIpc) is 2.87. The van der Waals surface area contributed by atoms with Crippen molar-refractivity contribution in [1.82, 2.24) is 15.5 Å². The van der Waals surface area contributed by atoms with Crippen molar-refractivity contribution in [1.29, 1.82) is 0 Å². The third-order valence-electron chi connectivity index (χ3n) is 7.39. The molecule has 0 aliphatic heterocycles. The average molecular weight is 570 g/mol. The standard InChI is InChI=1S/C27H31Cl2F2N3O4/c1-34(2)24-12-23(32-25(35)14-37-17-5-7-19(28)21(30)10-17)16-4-3-9-27(24,13-16)33-26(36)15-38-18-6-8-20(29)22(31)11-18/h5-8,10-11,16,23-24H,3-4,9,12-15H2,1-2H3,(H,32,35)(H,33,36). The summed E-state index contributed by atoms with van der Waals surface area (Å²) in [5.41, 5.74) is -0.476. The molecule has 2 amide bonds. The number of likely N-dealkylation sites (N-methyl/N-ethyl adjacent to an activating group) is 1. The lowest BCUT2D eigenvalue weighted by atomic mass is 9.62. The van der Waals surface area contributed by atoms with Gasteiger partial charge in [0.1, 0.15) is 23.1 Å². The molecule has 11 heteroatoms. The summed E-state index contributed by atoms with van der Waals surface area (Å²) < 4.78 is 38.3. The van der Waals surface area contributed by atoms with Crippen molar-refractivity contribution >= 4 is 35.0 Å². The van der Waals surface area contributed by atoms with E-state index in [1.54, 1.807) is 0 Å². The molecular formula is C27H31Cl2F2N3O4. The molecule has 7 nitrogen and oxygen atoms in total. The zero-order chi connectivity index (χ0) is 27.4. The highest BCUT2D eigenvalue weighted by Crippen LogP contribution is 2.44. The lowest BCUT2D eigenvalue weighted by Crippen LogP contribution is -2.69. The Hall–Kier alpha value is -2.62. The summed E-state index contributed by atoms with van der Waals surface area (Å²) in [7, 11) is 3.91. The van der Waals surface area contributed by atoms with Crippen molar-refractivity contribution in [3.8, 4) is 11.5 Å². The number of fused-ring (bicyclic) bond motifs is 2. The van der Waals surface area contributed by atoms with E-state index in [-0.39, 0.29) is 64.6 Å². The molecule has 2 N–H and O–H groups in total. The third kappa shape index (κ3) is 6.68. The van der Waals surface area contributed by atoms with Crippen LogP contribution in [0.25, 0.3) is 0 Å². The van der Waals surface area contributed by atoms with Crippen LogP contribution in [0.1, 0.15) is 32.1 Å². The highest BCUT2D eigenvalue weighted by molar-refractivity contribution is 6.31. The number of hydrogen-bond acceptors (Lipinski definition) is 5. The van der Waals surface area contributed by atoms with Crippen LogP contribution in [0.15, 0.2) is 36.4 Å². The molecule has 0 saturated heterocycles. The zero-order valence-electron chi connectivity index (χ0n) is 21.2. The summed E-state index contributed by atoms with van der Waals surface area (Å²) in [4.78, 5) is 27.7. The van der Waals surface area contributed by atoms with Crippen molar-refractivity contribution in [3.05, 3.63) is 58.1 Å². The summed E-state index contributed by atoms with van der Waals surface area (Å²) in [6, 6.07) is 7.93. The van der Waals surface area contributed by atoms with Gasteiger partial charge in [0.05, 0.1) is 15.6 Å². The minimum atomic E-state index is -0.614. The molecule has 0 spiro atoms. The van der Waals surface area contributed by atoms with Gasteiger partial charge >= 0.3 is 0 Å². The Morgan fingerprint density at radius 1 is 1.00 bits per heavy atom. The van der Waals surface area contributed by atoms with Gasteiger partial charge in [-0.3, -0.25) is 9.59 Å². The Morgan fingerprint density at radius 2 is 1.58 bits per heavy atom. The maximum Gasteiger partial charge on any atom is 0.258 e. The van der Waals surface area contributed by atoms with Crippen molar-refractivity contribution in [2.24, 2.45) is 5.92 Å². The molecule has 0 aromatic heterocycles. The van der Waals surface area contributed by atoms with E-state index in [4.69, 9.17) is 32.7 Å². The maximum absolute atomic E-state index is 13.7. The number of halogens is 4. The maximum atomic E-state index is 13.7. The predicted octanol–water partition coefficient (Wildman–Crippen LogP) is 4.59. The van der Waals surface area contributed by atoms with Crippen molar-refractivity contribution < 1.29 is 27.8 Å². The lowest BCUT2D eigenvalue weighted by molar-refractivity contribution is -0.130. The smallest absolute Gasteiger partial charge is 0.258 e. The Balaban J connectivity index is 1.36. The Morgan fingerprint density at radius 3 is 2.13 bits per heavy atom. The second-order valence-corrected chi connectivity index (χ2v) is 11.0. The highest BCUT2D eigenvalue weighted by atomic mass is 35.5. The third-order valence-corrected chi connectivity index (χ3v) is 8.00. The first kappa shape index (κ1) is 28.4. The van der Waals surface area contributed by atoms with Gasteiger partial charge in [-0.25, -0.2) is 8.78 Å². The molecule has 38 heavy (non-hydrogen) atoms. The molecule has 2 fully saturated rings. The van der Waals surface area contributed by atoms with Gasteiger partial charge < -0.3 is 25.0 Å². The molecule has 206 valence electrons. The molecule has 4 unspecified atom stereocenters. The lowest BCUT2D eigenvalue weighted by Gasteiger charge is -2.55. The number of nitrogens with one attached hydrogen (secondary N) is 2. The van der Waals surface area contributed by atoms with Gasteiger partial charge in [-0.05, 0) is 70.0 Å². The van der Waals surface area contributed by atoms with E-state index < -0.39 is 17.2 Å². The van der Waals surface area contributed by atoms with Gasteiger partial charge in [0.25, 0.3) is 11.8 Å². The summed E-state index contributed by atoms with van der Waals surface area (Å²) in [6.45, 7) is -0.502. The van der Waals surface area contributed by atoms with E-state index in [1.807, 2.05) is 14.1 Å². The molecule has 0 radical (unpaired) electrons. The summed E-state index contributed by atoms with van der Waals surface area (Å²) in [5, 5.41) is 6.27. The predicted molar refractivity (Wildman–Crippen MR) is 141 cm³/mol. The van der Waals surface area contributed by atoms with Crippen molar-refractivity contribution in [2.45, 2.75) is 49.7 Å². The van der Waals surface area contributed by atoms with Gasteiger partial charge in [0.2, 0.25) is 0 Å². The van der Waals surface area contributed by atoms with Crippen LogP contribution in [0.2, 0.25) is 10.0 Å². The van der Waals surface area contributed by atoms with Crippen LogP contribution in [-0.4, -0.2) is 61.6 Å². The molecule has 4 rings (SSSR count). The molecular weight excluding hydrogens is 539 g/mol. The summed E-state index contributed by atoms with van der Waals surface area (Å²) >= 11 is 11.4. The largest absolute Gasteiger partial charge is 0.484 e. The number of benzene rings is 2. The molecule has 4 atom stereocenters. The van der Waals surface area contributed by atoms with E-state index in [0.717, 1.165) is 31.4 Å². The van der Waals surface area contributed by atoms with Gasteiger partial charge in [0.15, 0.2) is 13.2 Å². The molecule has 2 aliphatic rings. The minimum Gasteiger partial charge on any atom is -0.484 e. The Labute approximate surface area is 230 Å². The van der Waals surface area contributed by atoms with Crippen LogP contribution in [-0.2, 0) is 9.59 Å². The Kier molecular flexibility index (Phi) is 9.00. The highest BCUT2D eigenvalue weighted by Gasteiger charge is 2.51. The van der Waals surface area contributed by atoms with E-state index in [2.05, 4.69) is 15.5 Å². The quantitative estimate of drug-likeness (QED) is 0.461. The van der Waals surface area contributed by atoms with E-state index in [0.29, 0.717) is 12.8 Å². The fourth-order valence-corrected chi connectivity index (χ4v) is 5.96. The number of nitrogens with zero attached hydrogens (tertiary/aromatic N) is 1. The molecule has 2 bridgehead atoms. The zero-order valence-corrected chi connectivity index (χ0v) is 22.7. The number of amides is 2. The number of ether oxygens (including phenoxy) is 2. The fourth-order valence-electron chi connectivity index (χ4n) is 5.73. The minimum absolute atomic E-state index is 0.0166. The monoisotopic (exact) mass is 569 g/mol. The first-order valence-electron chi connectivity index (χ1n) is 12.5. The second kappa shape index (κ2) is 12.1. The number of rotatable bonds is 9. The molecule has 2 aromatic carbocycles. The number of carbonyl (C=O) groups is 2. The summed E-state index contributed by atoms with van der Waals surface area (Å²) in [6.07, 6.45) is 3.96. The first-order chi connectivity index (χ1) is 18.1. The van der Waals surface area contributed by atoms with Crippen molar-refractivity contribution in [2.75, 3.05) is 27.3 Å². The number of carbonyl (C=O) groups excluding carboxylic acids is 2. The number of hydrogen-bond donors (Lipinski definition) is 2. The van der Waals surface area contributed by atoms with Gasteiger partial charge in [-0.2, -0.15) is 0 Å². The van der Waals surface area contributed by atoms with Crippen LogP contribution in [0, 0.1) is 17.6 Å². The van der Waals surface area contributed by atoms with E-state index in [9.17, 15) is 18.4 Å².